The highest BCUT2D eigenvalue weighted by molar-refractivity contribution is 7.13. The maximum atomic E-state index is 12.3. The zero-order valence-corrected chi connectivity index (χ0v) is 17.2. The van der Waals surface area contributed by atoms with Crippen LogP contribution >= 0.6 is 11.3 Å². The molecule has 1 atom stereocenters. The number of benzene rings is 3. The standard InChI is InChI=1S/C24H20N2O3S/c1-16(19-13-7-11-17-8-5-6-12-20(17)19)25-22(27)14-29-24(28)21-15-30-23(26-21)18-9-3-2-4-10-18/h2-13,15-16H,14H2,1H3,(H,25,27). The van der Waals surface area contributed by atoms with Crippen LogP contribution in [0.5, 0.6) is 0 Å². The van der Waals surface area contributed by atoms with Gasteiger partial charge in [0.25, 0.3) is 5.91 Å². The van der Waals surface area contributed by atoms with Gasteiger partial charge < -0.3 is 10.1 Å². The van der Waals surface area contributed by atoms with Crippen molar-refractivity contribution in [3.63, 3.8) is 0 Å². The number of aromatic nitrogens is 1. The van der Waals surface area contributed by atoms with E-state index >= 15 is 0 Å². The number of ether oxygens (including phenoxy) is 1. The molecule has 0 spiro atoms. The number of carbonyl (C=O) groups is 2. The second-order valence-electron chi connectivity index (χ2n) is 6.84. The van der Waals surface area contributed by atoms with Gasteiger partial charge >= 0.3 is 5.97 Å². The second kappa shape index (κ2) is 8.88. The lowest BCUT2D eigenvalue weighted by Gasteiger charge is -2.16. The molecule has 0 fully saturated rings. The Morgan fingerprint density at radius 1 is 1.00 bits per heavy atom. The van der Waals surface area contributed by atoms with E-state index < -0.39 is 5.97 Å². The molecule has 4 rings (SSSR count). The van der Waals surface area contributed by atoms with Crippen LogP contribution in [0.25, 0.3) is 21.3 Å². The number of amides is 1. The molecule has 1 N–H and O–H groups in total. The summed E-state index contributed by atoms with van der Waals surface area (Å²) in [5, 5.41) is 7.46. The first-order valence-electron chi connectivity index (χ1n) is 9.57. The Morgan fingerprint density at radius 2 is 1.73 bits per heavy atom. The van der Waals surface area contributed by atoms with Gasteiger partial charge in [-0.2, -0.15) is 0 Å². The molecule has 1 heterocycles. The van der Waals surface area contributed by atoms with E-state index in [1.54, 1.807) is 5.38 Å². The van der Waals surface area contributed by atoms with Gasteiger partial charge in [-0.25, -0.2) is 9.78 Å². The highest BCUT2D eigenvalue weighted by Crippen LogP contribution is 2.25. The van der Waals surface area contributed by atoms with Crippen molar-refractivity contribution in [3.05, 3.63) is 89.4 Å². The van der Waals surface area contributed by atoms with Crippen LogP contribution in [0.2, 0.25) is 0 Å². The lowest BCUT2D eigenvalue weighted by atomic mass is 10.00. The zero-order valence-electron chi connectivity index (χ0n) is 16.4. The van der Waals surface area contributed by atoms with Gasteiger partial charge in [-0.15, -0.1) is 11.3 Å². The van der Waals surface area contributed by atoms with E-state index in [4.69, 9.17) is 4.74 Å². The number of thiazole rings is 1. The Hall–Kier alpha value is -3.51. The second-order valence-corrected chi connectivity index (χ2v) is 7.70. The zero-order chi connectivity index (χ0) is 20.9. The van der Waals surface area contributed by atoms with Crippen LogP contribution in [0, 0.1) is 0 Å². The fourth-order valence-electron chi connectivity index (χ4n) is 3.27. The van der Waals surface area contributed by atoms with Gasteiger partial charge in [0.15, 0.2) is 12.3 Å². The minimum atomic E-state index is -0.610. The van der Waals surface area contributed by atoms with Crippen molar-refractivity contribution < 1.29 is 14.3 Å². The van der Waals surface area contributed by atoms with Crippen molar-refractivity contribution in [2.75, 3.05) is 6.61 Å². The number of nitrogens with one attached hydrogen (secondary N) is 1. The van der Waals surface area contributed by atoms with Crippen LogP contribution in [0.4, 0.5) is 0 Å². The predicted octanol–water partition coefficient (Wildman–Crippen LogP) is 5.00. The Morgan fingerprint density at radius 3 is 2.57 bits per heavy atom. The molecule has 0 bridgehead atoms. The summed E-state index contributed by atoms with van der Waals surface area (Å²) in [6.07, 6.45) is 0. The number of rotatable bonds is 6. The van der Waals surface area contributed by atoms with Gasteiger partial charge in [0.1, 0.15) is 5.01 Å². The summed E-state index contributed by atoms with van der Waals surface area (Å²) in [7, 11) is 0. The minimum Gasteiger partial charge on any atom is -0.451 e. The Balaban J connectivity index is 1.35. The van der Waals surface area contributed by atoms with Crippen molar-refractivity contribution in [1.29, 1.82) is 0 Å². The molecule has 1 amide bonds. The molecule has 30 heavy (non-hydrogen) atoms. The molecular weight excluding hydrogens is 396 g/mol. The average molecular weight is 417 g/mol. The van der Waals surface area contributed by atoms with Gasteiger partial charge in [-0.05, 0) is 23.3 Å². The summed E-state index contributed by atoms with van der Waals surface area (Å²) in [5.74, 6) is -0.969. The number of fused-ring (bicyclic) bond motifs is 1. The first kappa shape index (κ1) is 19.8. The van der Waals surface area contributed by atoms with Crippen molar-refractivity contribution >= 4 is 34.0 Å². The summed E-state index contributed by atoms with van der Waals surface area (Å²) < 4.78 is 5.16. The van der Waals surface area contributed by atoms with E-state index in [2.05, 4.69) is 10.3 Å². The van der Waals surface area contributed by atoms with Crippen molar-refractivity contribution in [3.8, 4) is 10.6 Å². The highest BCUT2D eigenvalue weighted by atomic mass is 32.1. The number of hydrogen-bond donors (Lipinski definition) is 1. The van der Waals surface area contributed by atoms with Crippen LogP contribution in [-0.2, 0) is 9.53 Å². The van der Waals surface area contributed by atoms with E-state index in [1.165, 1.54) is 11.3 Å². The Labute approximate surface area is 178 Å². The molecular formula is C24H20N2O3S. The topological polar surface area (TPSA) is 68.3 Å². The SMILES string of the molecule is CC(NC(=O)COC(=O)c1csc(-c2ccccc2)n1)c1cccc2ccccc12. The smallest absolute Gasteiger partial charge is 0.358 e. The maximum Gasteiger partial charge on any atom is 0.358 e. The Bertz CT molecular complexity index is 1180. The molecule has 0 saturated carbocycles. The molecule has 0 radical (unpaired) electrons. The van der Waals surface area contributed by atoms with E-state index in [0.29, 0.717) is 0 Å². The number of hydrogen-bond acceptors (Lipinski definition) is 5. The molecule has 5 nitrogen and oxygen atoms in total. The maximum absolute atomic E-state index is 12.3. The molecule has 0 aliphatic rings. The van der Waals surface area contributed by atoms with E-state index in [0.717, 1.165) is 26.9 Å². The first-order chi connectivity index (χ1) is 14.6. The van der Waals surface area contributed by atoms with Crippen LogP contribution in [0.15, 0.2) is 78.2 Å². The normalized spacial score (nSPS) is 11.8. The minimum absolute atomic E-state index is 0.203. The van der Waals surface area contributed by atoms with Crippen LogP contribution < -0.4 is 5.32 Å². The third kappa shape index (κ3) is 4.39. The Kier molecular flexibility index (Phi) is 5.86. The lowest BCUT2D eigenvalue weighted by Crippen LogP contribution is -2.31. The quantitative estimate of drug-likeness (QED) is 0.449. The van der Waals surface area contributed by atoms with Gasteiger partial charge in [-0.3, -0.25) is 4.79 Å². The third-order valence-electron chi connectivity index (χ3n) is 4.74. The molecule has 0 saturated heterocycles. The monoisotopic (exact) mass is 416 g/mol. The molecule has 6 heteroatoms. The fraction of sp³-hybridized carbons (Fsp3) is 0.125. The molecule has 4 aromatic rings. The van der Waals surface area contributed by atoms with Gasteiger partial charge in [0.2, 0.25) is 0 Å². The van der Waals surface area contributed by atoms with Crippen molar-refractivity contribution in [1.82, 2.24) is 10.3 Å². The van der Waals surface area contributed by atoms with Crippen LogP contribution in [0.1, 0.15) is 29.0 Å². The van der Waals surface area contributed by atoms with Gasteiger partial charge in [0.05, 0.1) is 6.04 Å². The lowest BCUT2D eigenvalue weighted by molar-refractivity contribution is -0.124. The largest absolute Gasteiger partial charge is 0.451 e. The van der Waals surface area contributed by atoms with E-state index in [9.17, 15) is 9.59 Å². The van der Waals surface area contributed by atoms with Gasteiger partial charge in [0, 0.05) is 10.9 Å². The molecule has 0 aliphatic carbocycles. The molecule has 150 valence electrons. The molecule has 0 aliphatic heterocycles. The fourth-order valence-corrected chi connectivity index (χ4v) is 4.07. The van der Waals surface area contributed by atoms with Crippen LogP contribution in [-0.4, -0.2) is 23.5 Å². The summed E-state index contributed by atoms with van der Waals surface area (Å²) in [6.45, 7) is 1.56. The molecule has 1 aromatic heterocycles. The highest BCUT2D eigenvalue weighted by Gasteiger charge is 2.17. The summed E-state index contributed by atoms with van der Waals surface area (Å²) >= 11 is 1.36. The molecule has 1 unspecified atom stereocenters. The third-order valence-corrected chi connectivity index (χ3v) is 5.63. The first-order valence-corrected chi connectivity index (χ1v) is 10.4. The summed E-state index contributed by atoms with van der Waals surface area (Å²) in [4.78, 5) is 28.9. The van der Waals surface area contributed by atoms with Crippen molar-refractivity contribution in [2.45, 2.75) is 13.0 Å². The summed E-state index contributed by atoms with van der Waals surface area (Å²) in [6, 6.07) is 23.4. The van der Waals surface area contributed by atoms with E-state index in [-0.39, 0.29) is 24.2 Å². The number of nitrogens with zero attached hydrogens (tertiary/aromatic N) is 1. The molecule has 3 aromatic carbocycles. The average Bonchev–Trinajstić information content (AvgIpc) is 3.28. The van der Waals surface area contributed by atoms with Gasteiger partial charge in [-0.1, -0.05) is 72.8 Å². The number of esters is 1. The summed E-state index contributed by atoms with van der Waals surface area (Å²) in [5.41, 5.74) is 2.15. The predicted molar refractivity (Wildman–Crippen MR) is 118 cm³/mol. The van der Waals surface area contributed by atoms with E-state index in [1.807, 2.05) is 79.7 Å². The van der Waals surface area contributed by atoms with Crippen molar-refractivity contribution in [2.24, 2.45) is 0 Å². The number of carbonyl (C=O) groups excluding carboxylic acids is 2. The van der Waals surface area contributed by atoms with Crippen LogP contribution in [0.3, 0.4) is 0 Å².